The summed E-state index contributed by atoms with van der Waals surface area (Å²) in [5, 5.41) is 18.4. The van der Waals surface area contributed by atoms with Crippen molar-refractivity contribution in [3.05, 3.63) is 71.4 Å². The van der Waals surface area contributed by atoms with Gasteiger partial charge in [0.15, 0.2) is 5.82 Å². The second-order valence-electron chi connectivity index (χ2n) is 8.17. The number of fused-ring (bicyclic) bond motifs is 3. The Bertz CT molecular complexity index is 1190. The quantitative estimate of drug-likeness (QED) is 0.468. The SMILES string of the molecule is CCC[C@@H](NC(=O)OCC1c2ccccc2-c2ccccc21)C(=O)Nc1nn(C)cc1C(=O)O. The maximum absolute atomic E-state index is 12.8. The zero-order chi connectivity index (χ0) is 24.2. The predicted octanol–water partition coefficient (Wildman–Crippen LogP) is 3.76. The van der Waals surface area contributed by atoms with E-state index in [2.05, 4.69) is 27.9 Å². The molecule has 1 aromatic heterocycles. The first kappa shape index (κ1) is 23.0. The zero-order valence-corrected chi connectivity index (χ0v) is 18.9. The lowest BCUT2D eigenvalue weighted by Crippen LogP contribution is -2.44. The van der Waals surface area contributed by atoms with Crippen LogP contribution < -0.4 is 10.6 Å². The fourth-order valence-corrected chi connectivity index (χ4v) is 4.28. The van der Waals surface area contributed by atoms with Gasteiger partial charge in [0.2, 0.25) is 5.91 Å². The highest BCUT2D eigenvalue weighted by molar-refractivity contribution is 6.01. The van der Waals surface area contributed by atoms with Gasteiger partial charge in [-0.3, -0.25) is 9.48 Å². The van der Waals surface area contributed by atoms with E-state index < -0.39 is 24.0 Å². The molecule has 2 aromatic carbocycles. The van der Waals surface area contributed by atoms with Crippen LogP contribution in [-0.2, 0) is 16.6 Å². The topological polar surface area (TPSA) is 123 Å². The summed E-state index contributed by atoms with van der Waals surface area (Å²) in [5.41, 5.74) is 4.30. The van der Waals surface area contributed by atoms with E-state index in [1.54, 1.807) is 7.05 Å². The zero-order valence-electron chi connectivity index (χ0n) is 18.9. The molecule has 0 radical (unpaired) electrons. The lowest BCUT2D eigenvalue weighted by molar-refractivity contribution is -0.118. The molecule has 0 aliphatic heterocycles. The Hall–Kier alpha value is -4.14. The molecule has 1 atom stereocenters. The minimum absolute atomic E-state index is 0.0737. The second kappa shape index (κ2) is 9.78. The van der Waals surface area contributed by atoms with Crippen LogP contribution in [0.2, 0.25) is 0 Å². The number of carboxylic acid groups (broad SMARTS) is 1. The Kier molecular flexibility index (Phi) is 6.62. The van der Waals surface area contributed by atoms with Gasteiger partial charge in [0.25, 0.3) is 0 Å². The van der Waals surface area contributed by atoms with E-state index in [1.165, 1.54) is 10.9 Å². The van der Waals surface area contributed by atoms with E-state index in [4.69, 9.17) is 4.74 Å². The number of alkyl carbamates (subject to hydrolysis) is 1. The highest BCUT2D eigenvalue weighted by atomic mass is 16.5. The number of carbonyl (C=O) groups is 3. The smallest absolute Gasteiger partial charge is 0.407 e. The number of amides is 2. The number of anilines is 1. The van der Waals surface area contributed by atoms with Gasteiger partial charge in [-0.2, -0.15) is 5.10 Å². The number of hydrogen-bond donors (Lipinski definition) is 3. The van der Waals surface area contributed by atoms with Gasteiger partial charge in [0.05, 0.1) is 0 Å². The van der Waals surface area contributed by atoms with Crippen molar-refractivity contribution >= 4 is 23.8 Å². The summed E-state index contributed by atoms with van der Waals surface area (Å²) < 4.78 is 6.84. The first-order chi connectivity index (χ1) is 16.4. The third-order valence-electron chi connectivity index (χ3n) is 5.83. The van der Waals surface area contributed by atoms with Crippen LogP contribution in [0.5, 0.6) is 0 Å². The van der Waals surface area contributed by atoms with Gasteiger partial charge in [-0.25, -0.2) is 9.59 Å². The number of hydrogen-bond acceptors (Lipinski definition) is 5. The molecule has 2 amide bonds. The van der Waals surface area contributed by atoms with Gasteiger partial charge in [-0.1, -0.05) is 61.9 Å². The lowest BCUT2D eigenvalue weighted by Gasteiger charge is -2.19. The first-order valence-corrected chi connectivity index (χ1v) is 11.1. The molecular weight excluding hydrogens is 436 g/mol. The average Bonchev–Trinajstić information content (AvgIpc) is 3.35. The van der Waals surface area contributed by atoms with Crippen LogP contribution >= 0.6 is 0 Å². The van der Waals surface area contributed by atoms with E-state index >= 15 is 0 Å². The van der Waals surface area contributed by atoms with E-state index in [0.717, 1.165) is 22.3 Å². The maximum atomic E-state index is 12.8. The molecule has 0 saturated carbocycles. The van der Waals surface area contributed by atoms with Crippen molar-refractivity contribution in [2.75, 3.05) is 11.9 Å². The summed E-state index contributed by atoms with van der Waals surface area (Å²) in [6, 6.07) is 15.2. The Morgan fingerprint density at radius 3 is 2.29 bits per heavy atom. The van der Waals surface area contributed by atoms with Gasteiger partial charge in [0, 0.05) is 19.2 Å². The molecule has 3 aromatic rings. The van der Waals surface area contributed by atoms with Crippen LogP contribution in [0.4, 0.5) is 10.6 Å². The molecular formula is C25H26N4O5. The first-order valence-electron chi connectivity index (χ1n) is 11.1. The average molecular weight is 463 g/mol. The summed E-state index contributed by atoms with van der Waals surface area (Å²) >= 11 is 0. The summed E-state index contributed by atoms with van der Waals surface area (Å²) in [7, 11) is 1.56. The van der Waals surface area contributed by atoms with Gasteiger partial charge < -0.3 is 20.5 Å². The highest BCUT2D eigenvalue weighted by Gasteiger charge is 2.30. The molecule has 1 aliphatic rings. The van der Waals surface area contributed by atoms with E-state index in [1.807, 2.05) is 43.3 Å². The molecule has 1 heterocycles. The molecule has 34 heavy (non-hydrogen) atoms. The Labute approximate surface area is 196 Å². The van der Waals surface area contributed by atoms with Crippen LogP contribution in [0.1, 0.15) is 47.2 Å². The number of aromatic nitrogens is 2. The van der Waals surface area contributed by atoms with Crippen molar-refractivity contribution in [3.63, 3.8) is 0 Å². The molecule has 0 fully saturated rings. The third-order valence-corrected chi connectivity index (χ3v) is 5.83. The number of nitrogens with zero attached hydrogens (tertiary/aromatic N) is 2. The molecule has 1 aliphatic carbocycles. The molecule has 0 saturated heterocycles. The van der Waals surface area contributed by atoms with Gasteiger partial charge >= 0.3 is 12.1 Å². The fraction of sp³-hybridized carbons (Fsp3) is 0.280. The van der Waals surface area contributed by atoms with Gasteiger partial charge in [-0.15, -0.1) is 0 Å². The second-order valence-corrected chi connectivity index (χ2v) is 8.17. The summed E-state index contributed by atoms with van der Waals surface area (Å²) in [6.45, 7) is 2.01. The molecule has 176 valence electrons. The molecule has 9 nitrogen and oxygen atoms in total. The molecule has 3 N–H and O–H groups in total. The number of aryl methyl sites for hydroxylation is 1. The minimum atomic E-state index is -1.21. The molecule has 9 heteroatoms. The van der Waals surface area contributed by atoms with Gasteiger partial charge in [0.1, 0.15) is 18.2 Å². The van der Waals surface area contributed by atoms with Crippen molar-refractivity contribution in [1.82, 2.24) is 15.1 Å². The van der Waals surface area contributed by atoms with E-state index in [0.29, 0.717) is 12.8 Å². The van der Waals surface area contributed by atoms with Crippen molar-refractivity contribution in [2.45, 2.75) is 31.7 Å². The van der Waals surface area contributed by atoms with Crippen LogP contribution in [0, 0.1) is 0 Å². The number of ether oxygens (including phenoxy) is 1. The number of carbonyl (C=O) groups excluding carboxylic acids is 2. The number of nitrogens with one attached hydrogen (secondary N) is 2. The number of rotatable bonds is 8. The molecule has 4 rings (SSSR count). The Morgan fingerprint density at radius 2 is 1.71 bits per heavy atom. The summed E-state index contributed by atoms with van der Waals surface area (Å²) in [5.74, 6) is -1.94. The van der Waals surface area contributed by atoms with E-state index in [9.17, 15) is 19.5 Å². The van der Waals surface area contributed by atoms with Crippen molar-refractivity contribution < 1.29 is 24.2 Å². The number of aromatic carboxylic acids is 1. The molecule has 0 bridgehead atoms. The minimum Gasteiger partial charge on any atom is -0.477 e. The van der Waals surface area contributed by atoms with E-state index in [-0.39, 0.29) is 23.9 Å². The van der Waals surface area contributed by atoms with Crippen molar-refractivity contribution in [3.8, 4) is 11.1 Å². The van der Waals surface area contributed by atoms with Gasteiger partial charge in [-0.05, 0) is 28.7 Å². The monoisotopic (exact) mass is 462 g/mol. The van der Waals surface area contributed by atoms with Crippen molar-refractivity contribution in [1.29, 1.82) is 0 Å². The van der Waals surface area contributed by atoms with Crippen LogP contribution in [0.25, 0.3) is 11.1 Å². The standard InChI is InChI=1S/C25H26N4O5/c1-3-8-21(23(30)27-22-19(24(31)32)13-29(2)28-22)26-25(33)34-14-20-17-11-6-4-9-15(17)16-10-5-7-12-18(16)20/h4-7,9-13,20-21H,3,8,14H2,1-2H3,(H,26,33)(H,31,32)(H,27,28,30)/t21-/m1/s1. The largest absolute Gasteiger partial charge is 0.477 e. The normalized spacial score (nSPS) is 13.0. The van der Waals surface area contributed by atoms with Crippen LogP contribution in [0.3, 0.4) is 0 Å². The van der Waals surface area contributed by atoms with Crippen molar-refractivity contribution in [2.24, 2.45) is 7.05 Å². The summed E-state index contributed by atoms with van der Waals surface area (Å²) in [4.78, 5) is 36.8. The molecule has 0 unspecified atom stereocenters. The number of carboxylic acids is 1. The maximum Gasteiger partial charge on any atom is 0.407 e. The third kappa shape index (κ3) is 4.63. The van der Waals surface area contributed by atoms with Crippen LogP contribution in [0.15, 0.2) is 54.7 Å². The Morgan fingerprint density at radius 1 is 1.09 bits per heavy atom. The van der Waals surface area contributed by atoms with Crippen LogP contribution in [-0.4, -0.2) is 45.5 Å². The predicted molar refractivity (Wildman–Crippen MR) is 126 cm³/mol. The fourth-order valence-electron chi connectivity index (χ4n) is 4.28. The summed E-state index contributed by atoms with van der Waals surface area (Å²) in [6.07, 6.45) is 1.56. The number of benzene rings is 2. The lowest BCUT2D eigenvalue weighted by atomic mass is 9.98. The molecule has 0 spiro atoms. The highest BCUT2D eigenvalue weighted by Crippen LogP contribution is 2.44. The Balaban J connectivity index is 1.42.